The first kappa shape index (κ1) is 17.7. The molecule has 0 saturated heterocycles. The first-order chi connectivity index (χ1) is 11.5. The van der Waals surface area contributed by atoms with Crippen LogP contribution in [0.25, 0.3) is 0 Å². The van der Waals surface area contributed by atoms with Crippen molar-refractivity contribution >= 4 is 17.5 Å². The first-order valence-electron chi connectivity index (χ1n) is 8.17. The van der Waals surface area contributed by atoms with Crippen molar-refractivity contribution in [3.8, 4) is 0 Å². The van der Waals surface area contributed by atoms with E-state index in [-0.39, 0.29) is 18.4 Å². The number of nitrogens with zero attached hydrogens (tertiary/aromatic N) is 2. The Morgan fingerprint density at radius 3 is 2.12 bits per heavy atom. The molecule has 0 aliphatic heterocycles. The zero-order chi connectivity index (χ0) is 17.5. The number of hydrogen-bond acceptors (Lipinski definition) is 2. The number of aryl methyl sites for hydroxylation is 1. The molecule has 2 rings (SSSR count). The summed E-state index contributed by atoms with van der Waals surface area (Å²) in [4.78, 5) is 27.9. The maximum atomic E-state index is 12.7. The molecule has 0 bridgehead atoms. The van der Waals surface area contributed by atoms with Crippen molar-refractivity contribution in [3.63, 3.8) is 0 Å². The molecule has 2 aromatic rings. The summed E-state index contributed by atoms with van der Waals surface area (Å²) in [5.74, 6) is -0.181. The third kappa shape index (κ3) is 4.69. The van der Waals surface area contributed by atoms with E-state index in [9.17, 15) is 9.59 Å². The molecule has 0 fully saturated rings. The number of carbonyl (C=O) groups is 2. The number of benzene rings is 2. The smallest absolute Gasteiger partial charge is 0.246 e. The van der Waals surface area contributed by atoms with Crippen LogP contribution < -0.4 is 4.90 Å². The maximum absolute atomic E-state index is 12.7. The van der Waals surface area contributed by atoms with Crippen molar-refractivity contribution in [3.05, 3.63) is 65.7 Å². The van der Waals surface area contributed by atoms with E-state index in [1.165, 1.54) is 12.5 Å². The van der Waals surface area contributed by atoms with Gasteiger partial charge in [0.25, 0.3) is 0 Å². The molecule has 0 heterocycles. The van der Waals surface area contributed by atoms with E-state index in [0.29, 0.717) is 13.1 Å². The van der Waals surface area contributed by atoms with Crippen LogP contribution in [-0.2, 0) is 16.1 Å². The Morgan fingerprint density at radius 2 is 1.58 bits per heavy atom. The third-order valence-electron chi connectivity index (χ3n) is 3.95. The minimum absolute atomic E-state index is 0.0753. The van der Waals surface area contributed by atoms with E-state index in [1.54, 1.807) is 9.80 Å². The van der Waals surface area contributed by atoms with Crippen LogP contribution in [0.15, 0.2) is 54.6 Å². The standard InChI is InChI=1S/C20H24N2O2/c1-4-22(19-8-6-5-7-9-19)20(24)15-21(17(3)23)14-18-12-10-16(2)11-13-18/h5-13H,4,14-15H2,1-3H3. The Balaban J connectivity index is 2.10. The van der Waals surface area contributed by atoms with Crippen LogP contribution >= 0.6 is 0 Å². The number of anilines is 1. The Kier molecular flexibility index (Phi) is 6.13. The first-order valence-corrected chi connectivity index (χ1v) is 8.17. The zero-order valence-corrected chi connectivity index (χ0v) is 14.5. The van der Waals surface area contributed by atoms with Gasteiger partial charge in [-0.2, -0.15) is 0 Å². The third-order valence-corrected chi connectivity index (χ3v) is 3.95. The van der Waals surface area contributed by atoms with Crippen LogP contribution in [0.2, 0.25) is 0 Å². The van der Waals surface area contributed by atoms with E-state index in [2.05, 4.69) is 0 Å². The molecule has 0 aromatic heterocycles. The summed E-state index contributed by atoms with van der Waals surface area (Å²) in [5, 5.41) is 0. The Hall–Kier alpha value is -2.62. The summed E-state index contributed by atoms with van der Waals surface area (Å²) in [6, 6.07) is 17.5. The van der Waals surface area contributed by atoms with Gasteiger partial charge in [-0.1, -0.05) is 48.0 Å². The molecule has 0 atom stereocenters. The van der Waals surface area contributed by atoms with Crippen LogP contribution in [-0.4, -0.2) is 29.8 Å². The minimum Gasteiger partial charge on any atom is -0.329 e. The highest BCUT2D eigenvalue weighted by Gasteiger charge is 2.19. The zero-order valence-electron chi connectivity index (χ0n) is 14.5. The van der Waals surface area contributed by atoms with Crippen LogP contribution in [0.5, 0.6) is 0 Å². The quantitative estimate of drug-likeness (QED) is 0.817. The van der Waals surface area contributed by atoms with Gasteiger partial charge in [0.2, 0.25) is 11.8 Å². The van der Waals surface area contributed by atoms with Gasteiger partial charge in [0.05, 0.1) is 0 Å². The Bertz CT molecular complexity index is 681. The lowest BCUT2D eigenvalue weighted by Gasteiger charge is -2.26. The van der Waals surface area contributed by atoms with Crippen LogP contribution in [0.4, 0.5) is 5.69 Å². The Labute approximate surface area is 143 Å². The van der Waals surface area contributed by atoms with E-state index in [0.717, 1.165) is 11.3 Å². The molecule has 4 heteroatoms. The molecule has 0 spiro atoms. The summed E-state index contributed by atoms with van der Waals surface area (Å²) in [6.45, 7) is 6.54. The van der Waals surface area contributed by atoms with E-state index in [1.807, 2.05) is 68.4 Å². The second-order valence-electron chi connectivity index (χ2n) is 5.83. The van der Waals surface area contributed by atoms with Crippen molar-refractivity contribution in [2.75, 3.05) is 18.0 Å². The monoisotopic (exact) mass is 324 g/mol. The molecule has 0 unspecified atom stereocenters. The number of rotatable bonds is 6. The SMILES string of the molecule is CCN(C(=O)CN(Cc1ccc(C)cc1)C(C)=O)c1ccccc1. The van der Waals surface area contributed by atoms with Crippen LogP contribution in [0, 0.1) is 6.92 Å². The predicted molar refractivity (Wildman–Crippen MR) is 96.7 cm³/mol. The summed E-state index contributed by atoms with van der Waals surface area (Å²) in [7, 11) is 0. The molecule has 24 heavy (non-hydrogen) atoms. The second kappa shape index (κ2) is 8.29. The molecule has 2 aromatic carbocycles. The van der Waals surface area contributed by atoms with Crippen LogP contribution in [0.3, 0.4) is 0 Å². The fraction of sp³-hybridized carbons (Fsp3) is 0.300. The molecule has 2 amide bonds. The molecule has 4 nitrogen and oxygen atoms in total. The van der Waals surface area contributed by atoms with Crippen molar-refractivity contribution < 1.29 is 9.59 Å². The van der Waals surface area contributed by atoms with Gasteiger partial charge >= 0.3 is 0 Å². The Morgan fingerprint density at radius 1 is 0.958 bits per heavy atom. The number of carbonyl (C=O) groups excluding carboxylic acids is 2. The predicted octanol–water partition coefficient (Wildman–Crippen LogP) is 3.40. The number of para-hydroxylation sites is 1. The average Bonchev–Trinajstić information content (AvgIpc) is 2.57. The normalized spacial score (nSPS) is 10.3. The summed E-state index contributed by atoms with van der Waals surface area (Å²) in [6.07, 6.45) is 0. The fourth-order valence-corrected chi connectivity index (χ4v) is 2.55. The molecular formula is C20H24N2O2. The number of likely N-dealkylation sites (N-methyl/N-ethyl adjacent to an activating group) is 1. The lowest BCUT2D eigenvalue weighted by Crippen LogP contribution is -2.42. The average molecular weight is 324 g/mol. The van der Waals surface area contributed by atoms with Gasteiger partial charge in [0, 0.05) is 25.7 Å². The highest BCUT2D eigenvalue weighted by atomic mass is 16.2. The van der Waals surface area contributed by atoms with E-state index >= 15 is 0 Å². The van der Waals surface area contributed by atoms with Gasteiger partial charge in [-0.25, -0.2) is 0 Å². The highest BCUT2D eigenvalue weighted by Crippen LogP contribution is 2.14. The molecular weight excluding hydrogens is 300 g/mol. The van der Waals surface area contributed by atoms with Gasteiger partial charge in [0.15, 0.2) is 0 Å². The van der Waals surface area contributed by atoms with E-state index < -0.39 is 0 Å². The van der Waals surface area contributed by atoms with Gasteiger partial charge < -0.3 is 9.80 Å². The molecule has 0 saturated carbocycles. The van der Waals surface area contributed by atoms with Gasteiger partial charge in [-0.05, 0) is 31.5 Å². The largest absolute Gasteiger partial charge is 0.329 e. The van der Waals surface area contributed by atoms with Crippen LogP contribution in [0.1, 0.15) is 25.0 Å². The number of hydrogen-bond donors (Lipinski definition) is 0. The highest BCUT2D eigenvalue weighted by molar-refractivity contribution is 5.96. The van der Waals surface area contributed by atoms with Crippen molar-refractivity contribution in [1.29, 1.82) is 0 Å². The van der Waals surface area contributed by atoms with Gasteiger partial charge in [0.1, 0.15) is 6.54 Å². The fourth-order valence-electron chi connectivity index (χ4n) is 2.55. The summed E-state index contributed by atoms with van der Waals surface area (Å²) in [5.41, 5.74) is 3.04. The molecule has 126 valence electrons. The second-order valence-corrected chi connectivity index (χ2v) is 5.83. The van der Waals surface area contributed by atoms with E-state index in [4.69, 9.17) is 0 Å². The lowest BCUT2D eigenvalue weighted by atomic mass is 10.1. The molecule has 0 radical (unpaired) electrons. The maximum Gasteiger partial charge on any atom is 0.246 e. The molecule has 0 aliphatic rings. The topological polar surface area (TPSA) is 40.6 Å². The number of amides is 2. The summed E-state index contributed by atoms with van der Waals surface area (Å²) < 4.78 is 0. The lowest BCUT2D eigenvalue weighted by molar-refractivity contribution is -0.134. The van der Waals surface area contributed by atoms with Crippen molar-refractivity contribution in [1.82, 2.24) is 4.90 Å². The van der Waals surface area contributed by atoms with Gasteiger partial charge in [-0.3, -0.25) is 9.59 Å². The molecule has 0 aliphatic carbocycles. The van der Waals surface area contributed by atoms with Crippen molar-refractivity contribution in [2.24, 2.45) is 0 Å². The minimum atomic E-state index is -0.104. The summed E-state index contributed by atoms with van der Waals surface area (Å²) >= 11 is 0. The van der Waals surface area contributed by atoms with Gasteiger partial charge in [-0.15, -0.1) is 0 Å². The van der Waals surface area contributed by atoms with Crippen molar-refractivity contribution in [2.45, 2.75) is 27.3 Å². The molecule has 0 N–H and O–H groups in total.